The Morgan fingerprint density at radius 1 is 0.944 bits per heavy atom. The number of hydrogen-bond acceptors (Lipinski definition) is 4. The summed E-state index contributed by atoms with van der Waals surface area (Å²) < 4.78 is 0. The molecule has 0 spiro atoms. The molecule has 2 aromatic rings. The smallest absolute Gasteiger partial charge is 0.131 e. The van der Waals surface area contributed by atoms with Gasteiger partial charge in [-0.05, 0) is 35.9 Å². The van der Waals surface area contributed by atoms with Gasteiger partial charge in [0.1, 0.15) is 23.5 Å². The lowest BCUT2D eigenvalue weighted by Gasteiger charge is -2.13. The van der Waals surface area contributed by atoms with Crippen molar-refractivity contribution in [2.24, 2.45) is 0 Å². The Bertz CT molecular complexity index is 578. The van der Waals surface area contributed by atoms with Crippen LogP contribution in [-0.4, -0.2) is 21.6 Å². The first-order chi connectivity index (χ1) is 8.61. The van der Waals surface area contributed by atoms with Gasteiger partial charge in [0, 0.05) is 5.56 Å². The number of carbonyl (C=O) groups excluding carboxylic acids is 1. The molecular weight excluding hydrogens is 232 g/mol. The van der Waals surface area contributed by atoms with Gasteiger partial charge in [-0.25, -0.2) is 0 Å². The van der Waals surface area contributed by atoms with E-state index in [4.69, 9.17) is 0 Å². The second-order valence-electron chi connectivity index (χ2n) is 3.95. The second-order valence-corrected chi connectivity index (χ2v) is 3.95. The third-order valence-corrected chi connectivity index (χ3v) is 2.71. The number of benzene rings is 2. The van der Waals surface area contributed by atoms with Crippen molar-refractivity contribution in [3.05, 3.63) is 53.6 Å². The average Bonchev–Trinajstić information content (AvgIpc) is 2.35. The van der Waals surface area contributed by atoms with Crippen LogP contribution in [0.5, 0.6) is 17.2 Å². The summed E-state index contributed by atoms with van der Waals surface area (Å²) in [4.78, 5) is 11.2. The molecule has 0 aliphatic heterocycles. The predicted molar refractivity (Wildman–Crippen MR) is 65.8 cm³/mol. The maximum Gasteiger partial charge on any atom is 0.131 e. The van der Waals surface area contributed by atoms with Gasteiger partial charge in [0.15, 0.2) is 0 Å². The number of phenols is 3. The first-order valence-corrected chi connectivity index (χ1v) is 5.38. The molecule has 1 unspecified atom stereocenters. The summed E-state index contributed by atoms with van der Waals surface area (Å²) in [6, 6.07) is 10.2. The minimum absolute atomic E-state index is 0.0326. The lowest BCUT2D eigenvalue weighted by Crippen LogP contribution is -2.02. The van der Waals surface area contributed by atoms with Crippen LogP contribution < -0.4 is 0 Å². The zero-order valence-electron chi connectivity index (χ0n) is 9.45. The monoisotopic (exact) mass is 244 g/mol. The number of rotatable bonds is 3. The fourth-order valence-electron chi connectivity index (χ4n) is 1.84. The van der Waals surface area contributed by atoms with E-state index >= 15 is 0 Å². The van der Waals surface area contributed by atoms with E-state index in [1.165, 1.54) is 30.3 Å². The van der Waals surface area contributed by atoms with Crippen molar-refractivity contribution >= 4 is 6.29 Å². The number of aromatic hydroxyl groups is 3. The fraction of sp³-hybridized carbons (Fsp3) is 0.0714. The summed E-state index contributed by atoms with van der Waals surface area (Å²) in [6.07, 6.45) is 0.656. The van der Waals surface area contributed by atoms with E-state index in [1.54, 1.807) is 12.1 Å². The molecule has 0 aliphatic carbocycles. The van der Waals surface area contributed by atoms with Crippen molar-refractivity contribution in [1.29, 1.82) is 0 Å². The van der Waals surface area contributed by atoms with Crippen molar-refractivity contribution in [2.75, 3.05) is 0 Å². The van der Waals surface area contributed by atoms with Crippen LogP contribution in [0.3, 0.4) is 0 Å². The molecule has 2 rings (SSSR count). The quantitative estimate of drug-likeness (QED) is 0.571. The highest BCUT2D eigenvalue weighted by Gasteiger charge is 2.18. The molecule has 2 aromatic carbocycles. The van der Waals surface area contributed by atoms with Gasteiger partial charge in [-0.1, -0.05) is 12.1 Å². The normalized spacial score (nSPS) is 12.0. The third-order valence-electron chi connectivity index (χ3n) is 2.71. The Hall–Kier alpha value is -2.49. The molecule has 0 bridgehead atoms. The van der Waals surface area contributed by atoms with E-state index in [1.807, 2.05) is 0 Å². The predicted octanol–water partition coefficient (Wildman–Crippen LogP) is 2.13. The second kappa shape index (κ2) is 4.79. The zero-order chi connectivity index (χ0) is 13.1. The Kier molecular flexibility index (Phi) is 3.19. The Morgan fingerprint density at radius 3 is 2.33 bits per heavy atom. The molecule has 4 nitrogen and oxygen atoms in total. The summed E-state index contributed by atoms with van der Waals surface area (Å²) in [5, 5.41) is 28.5. The minimum atomic E-state index is -0.732. The summed E-state index contributed by atoms with van der Waals surface area (Å²) in [6.45, 7) is 0. The van der Waals surface area contributed by atoms with Gasteiger partial charge in [-0.2, -0.15) is 0 Å². The first-order valence-electron chi connectivity index (χ1n) is 5.38. The highest BCUT2D eigenvalue weighted by molar-refractivity contribution is 5.71. The largest absolute Gasteiger partial charge is 0.508 e. The van der Waals surface area contributed by atoms with Gasteiger partial charge >= 0.3 is 0 Å². The number of aldehydes is 1. The van der Waals surface area contributed by atoms with Crippen LogP contribution in [0.1, 0.15) is 17.0 Å². The Labute approximate surface area is 104 Å². The number of phenolic OH excluding ortho intramolecular Hbond substituents is 3. The van der Waals surface area contributed by atoms with Gasteiger partial charge < -0.3 is 20.1 Å². The Balaban J connectivity index is 2.51. The van der Waals surface area contributed by atoms with Crippen LogP contribution >= 0.6 is 0 Å². The van der Waals surface area contributed by atoms with Gasteiger partial charge in [0.2, 0.25) is 0 Å². The molecule has 4 heteroatoms. The van der Waals surface area contributed by atoms with Crippen LogP contribution in [-0.2, 0) is 4.79 Å². The van der Waals surface area contributed by atoms with Crippen LogP contribution in [0, 0.1) is 0 Å². The molecule has 1 atom stereocenters. The van der Waals surface area contributed by atoms with Crippen LogP contribution in [0.2, 0.25) is 0 Å². The molecule has 3 N–H and O–H groups in total. The summed E-state index contributed by atoms with van der Waals surface area (Å²) in [5.74, 6) is -0.800. The summed E-state index contributed by atoms with van der Waals surface area (Å²) in [5.41, 5.74) is 0.849. The zero-order valence-corrected chi connectivity index (χ0v) is 9.45. The highest BCUT2D eigenvalue weighted by Crippen LogP contribution is 2.33. The van der Waals surface area contributed by atoms with E-state index in [-0.39, 0.29) is 17.2 Å². The van der Waals surface area contributed by atoms with E-state index in [9.17, 15) is 20.1 Å². The molecule has 0 aromatic heterocycles. The molecule has 0 saturated heterocycles. The SMILES string of the molecule is O=CC(c1cccc(O)c1)c1cc(O)ccc1O. The van der Waals surface area contributed by atoms with Gasteiger partial charge in [-0.15, -0.1) is 0 Å². The topological polar surface area (TPSA) is 77.8 Å². The lowest BCUT2D eigenvalue weighted by molar-refractivity contribution is -0.108. The van der Waals surface area contributed by atoms with E-state index in [0.717, 1.165) is 0 Å². The summed E-state index contributed by atoms with van der Waals surface area (Å²) in [7, 11) is 0. The van der Waals surface area contributed by atoms with Crippen molar-refractivity contribution in [2.45, 2.75) is 5.92 Å². The van der Waals surface area contributed by atoms with Crippen LogP contribution in [0.15, 0.2) is 42.5 Å². The molecule has 0 aliphatic rings. The van der Waals surface area contributed by atoms with Crippen molar-refractivity contribution < 1.29 is 20.1 Å². The van der Waals surface area contributed by atoms with Crippen LogP contribution in [0.25, 0.3) is 0 Å². The molecule has 0 amide bonds. The van der Waals surface area contributed by atoms with Crippen molar-refractivity contribution in [3.8, 4) is 17.2 Å². The first kappa shape index (κ1) is 12.0. The molecule has 0 heterocycles. The Morgan fingerprint density at radius 2 is 1.67 bits per heavy atom. The molecule has 0 fully saturated rings. The maximum absolute atomic E-state index is 11.2. The fourth-order valence-corrected chi connectivity index (χ4v) is 1.84. The lowest BCUT2D eigenvalue weighted by atomic mass is 9.91. The van der Waals surface area contributed by atoms with E-state index in [2.05, 4.69) is 0 Å². The highest BCUT2D eigenvalue weighted by atomic mass is 16.3. The van der Waals surface area contributed by atoms with Gasteiger partial charge in [0.05, 0.1) is 5.92 Å². The molecule has 18 heavy (non-hydrogen) atoms. The van der Waals surface area contributed by atoms with E-state index < -0.39 is 5.92 Å². The number of carbonyl (C=O) groups is 1. The van der Waals surface area contributed by atoms with Crippen molar-refractivity contribution in [3.63, 3.8) is 0 Å². The molecule has 0 radical (unpaired) electrons. The summed E-state index contributed by atoms with van der Waals surface area (Å²) >= 11 is 0. The van der Waals surface area contributed by atoms with Gasteiger partial charge in [-0.3, -0.25) is 0 Å². The van der Waals surface area contributed by atoms with E-state index in [0.29, 0.717) is 17.4 Å². The van der Waals surface area contributed by atoms with Crippen molar-refractivity contribution in [1.82, 2.24) is 0 Å². The molecule has 92 valence electrons. The standard InChI is InChI=1S/C14H12O4/c15-8-13(9-2-1-3-10(16)6-9)12-7-11(17)4-5-14(12)18/h1-8,13,16-18H. The minimum Gasteiger partial charge on any atom is -0.508 e. The number of hydrogen-bond donors (Lipinski definition) is 3. The average molecular weight is 244 g/mol. The third kappa shape index (κ3) is 2.27. The maximum atomic E-state index is 11.2. The van der Waals surface area contributed by atoms with Gasteiger partial charge in [0.25, 0.3) is 0 Å². The molecule has 0 saturated carbocycles. The molecular formula is C14H12O4. The van der Waals surface area contributed by atoms with Crippen LogP contribution in [0.4, 0.5) is 0 Å².